The van der Waals surface area contributed by atoms with Gasteiger partial charge in [0.2, 0.25) is 0 Å². The Morgan fingerprint density at radius 2 is 1.62 bits per heavy atom. The van der Waals surface area contributed by atoms with Crippen LogP contribution in [0.25, 0.3) is 0 Å². The SMILES string of the molecule is CN1CCN(C2=Nc3ccc(F)cc3Oc3ccc(F)cc32)CC1. The van der Waals surface area contributed by atoms with Crippen molar-refractivity contribution in [2.75, 3.05) is 33.2 Å². The Labute approximate surface area is 139 Å². The summed E-state index contributed by atoms with van der Waals surface area (Å²) in [7, 11) is 2.07. The molecule has 2 aromatic carbocycles. The highest BCUT2D eigenvalue weighted by Gasteiger charge is 2.25. The van der Waals surface area contributed by atoms with Gasteiger partial charge >= 0.3 is 0 Å². The molecule has 0 bridgehead atoms. The second-order valence-corrected chi connectivity index (χ2v) is 6.08. The standard InChI is InChI=1S/C18H17F2N3O/c1-22-6-8-23(9-7-22)18-14-10-12(19)3-5-16(14)24-17-11-13(20)2-4-15(17)21-18/h2-5,10-11H,6-9H2,1H3. The van der Waals surface area contributed by atoms with Gasteiger partial charge in [0.15, 0.2) is 5.75 Å². The molecule has 2 aliphatic rings. The zero-order valence-electron chi connectivity index (χ0n) is 13.3. The van der Waals surface area contributed by atoms with Crippen LogP contribution in [0.1, 0.15) is 5.56 Å². The maximum absolute atomic E-state index is 13.8. The van der Waals surface area contributed by atoms with Gasteiger partial charge in [0, 0.05) is 32.2 Å². The number of aliphatic imine (C=N–C) groups is 1. The first-order valence-corrected chi connectivity index (χ1v) is 7.90. The molecule has 0 atom stereocenters. The van der Waals surface area contributed by atoms with E-state index in [1.165, 1.54) is 24.3 Å². The summed E-state index contributed by atoms with van der Waals surface area (Å²) in [6.45, 7) is 3.39. The summed E-state index contributed by atoms with van der Waals surface area (Å²) in [5.41, 5.74) is 1.14. The van der Waals surface area contributed by atoms with Gasteiger partial charge in [-0.1, -0.05) is 0 Å². The highest BCUT2D eigenvalue weighted by molar-refractivity contribution is 6.03. The van der Waals surface area contributed by atoms with Gasteiger partial charge in [0.1, 0.15) is 28.9 Å². The summed E-state index contributed by atoms with van der Waals surface area (Å²) in [6, 6.07) is 8.57. The minimum Gasteiger partial charge on any atom is -0.454 e. The monoisotopic (exact) mass is 329 g/mol. The lowest BCUT2D eigenvalue weighted by molar-refractivity contribution is 0.215. The highest BCUT2D eigenvalue weighted by atomic mass is 19.1. The fourth-order valence-electron chi connectivity index (χ4n) is 2.98. The van der Waals surface area contributed by atoms with Crippen LogP contribution in [0.2, 0.25) is 0 Å². The molecule has 0 amide bonds. The zero-order valence-corrected chi connectivity index (χ0v) is 13.3. The van der Waals surface area contributed by atoms with Crippen LogP contribution in [-0.4, -0.2) is 48.9 Å². The van der Waals surface area contributed by atoms with Crippen molar-refractivity contribution < 1.29 is 13.5 Å². The number of rotatable bonds is 0. The van der Waals surface area contributed by atoms with E-state index in [0.29, 0.717) is 28.6 Å². The van der Waals surface area contributed by atoms with Crippen LogP contribution in [0.3, 0.4) is 0 Å². The van der Waals surface area contributed by atoms with Gasteiger partial charge in [-0.15, -0.1) is 0 Å². The van der Waals surface area contributed by atoms with E-state index in [4.69, 9.17) is 4.74 Å². The summed E-state index contributed by atoms with van der Waals surface area (Å²) >= 11 is 0. The molecule has 6 heteroatoms. The van der Waals surface area contributed by atoms with Crippen molar-refractivity contribution in [3.63, 3.8) is 0 Å². The summed E-state index contributed by atoms with van der Waals surface area (Å²) in [5.74, 6) is 0.750. The molecule has 1 saturated heterocycles. The number of benzene rings is 2. The molecular weight excluding hydrogens is 312 g/mol. The van der Waals surface area contributed by atoms with Crippen molar-refractivity contribution in [1.29, 1.82) is 0 Å². The molecule has 4 rings (SSSR count). The van der Waals surface area contributed by atoms with Crippen LogP contribution < -0.4 is 4.74 Å². The van der Waals surface area contributed by atoms with Gasteiger partial charge in [-0.3, -0.25) is 0 Å². The van der Waals surface area contributed by atoms with Gasteiger partial charge in [0.05, 0.1) is 5.56 Å². The maximum atomic E-state index is 13.8. The molecular formula is C18H17F2N3O. The third-order valence-electron chi connectivity index (χ3n) is 4.35. The molecule has 24 heavy (non-hydrogen) atoms. The second kappa shape index (κ2) is 5.87. The molecule has 0 aromatic heterocycles. The predicted molar refractivity (Wildman–Crippen MR) is 88.1 cm³/mol. The number of ether oxygens (including phenoxy) is 1. The van der Waals surface area contributed by atoms with Gasteiger partial charge in [-0.05, 0) is 37.4 Å². The van der Waals surface area contributed by atoms with Crippen molar-refractivity contribution in [3.05, 3.63) is 53.6 Å². The van der Waals surface area contributed by atoms with Crippen molar-refractivity contribution in [2.45, 2.75) is 0 Å². The molecule has 124 valence electrons. The molecule has 0 aliphatic carbocycles. The molecule has 1 fully saturated rings. The van der Waals surface area contributed by atoms with E-state index in [1.807, 2.05) is 0 Å². The lowest BCUT2D eigenvalue weighted by atomic mass is 10.1. The lowest BCUT2D eigenvalue weighted by Crippen LogP contribution is -2.47. The first kappa shape index (κ1) is 15.1. The molecule has 2 aromatic rings. The van der Waals surface area contributed by atoms with E-state index >= 15 is 0 Å². The highest BCUT2D eigenvalue weighted by Crippen LogP contribution is 2.38. The Bertz CT molecular complexity index is 814. The zero-order chi connectivity index (χ0) is 16.7. The molecule has 2 aliphatic heterocycles. The third kappa shape index (κ3) is 2.73. The minimum absolute atomic E-state index is 0.340. The fourth-order valence-corrected chi connectivity index (χ4v) is 2.98. The van der Waals surface area contributed by atoms with E-state index in [9.17, 15) is 8.78 Å². The number of piperazine rings is 1. The summed E-state index contributed by atoms with van der Waals surface area (Å²) < 4.78 is 33.2. The van der Waals surface area contributed by atoms with Gasteiger partial charge < -0.3 is 14.5 Å². The maximum Gasteiger partial charge on any atom is 0.156 e. The fraction of sp³-hybridized carbons (Fsp3) is 0.278. The number of fused-ring (bicyclic) bond motifs is 2. The van der Waals surface area contributed by atoms with E-state index < -0.39 is 5.82 Å². The Morgan fingerprint density at radius 3 is 2.42 bits per heavy atom. The van der Waals surface area contributed by atoms with Crippen LogP contribution in [0.5, 0.6) is 11.5 Å². The van der Waals surface area contributed by atoms with Gasteiger partial charge in [0.25, 0.3) is 0 Å². The first-order chi connectivity index (χ1) is 11.6. The summed E-state index contributed by atoms with van der Waals surface area (Å²) in [4.78, 5) is 9.04. The largest absolute Gasteiger partial charge is 0.454 e. The topological polar surface area (TPSA) is 28.1 Å². The normalized spacial score (nSPS) is 17.5. The second-order valence-electron chi connectivity index (χ2n) is 6.08. The molecule has 0 radical (unpaired) electrons. The average molecular weight is 329 g/mol. The molecule has 0 spiro atoms. The van der Waals surface area contributed by atoms with Crippen LogP contribution in [0, 0.1) is 11.6 Å². The Kier molecular flexibility index (Phi) is 3.69. The number of likely N-dealkylation sites (N-methyl/N-ethyl adjacent to an activating group) is 1. The van der Waals surface area contributed by atoms with E-state index in [2.05, 4.69) is 21.8 Å². The Morgan fingerprint density at radius 1 is 0.917 bits per heavy atom. The molecule has 0 N–H and O–H groups in total. The molecule has 0 saturated carbocycles. The van der Waals surface area contributed by atoms with Crippen LogP contribution >= 0.6 is 0 Å². The number of amidine groups is 1. The van der Waals surface area contributed by atoms with Crippen LogP contribution in [0.15, 0.2) is 41.4 Å². The van der Waals surface area contributed by atoms with Crippen molar-refractivity contribution in [2.24, 2.45) is 4.99 Å². The third-order valence-corrected chi connectivity index (χ3v) is 4.35. The van der Waals surface area contributed by atoms with E-state index in [-0.39, 0.29) is 5.82 Å². The minimum atomic E-state index is -0.393. The average Bonchev–Trinajstić information content (AvgIpc) is 2.72. The number of halogens is 2. The Hall–Kier alpha value is -2.47. The predicted octanol–water partition coefficient (Wildman–Crippen LogP) is 3.40. The number of hydrogen-bond acceptors (Lipinski definition) is 4. The molecule has 4 nitrogen and oxygen atoms in total. The number of hydrogen-bond donors (Lipinski definition) is 0. The first-order valence-electron chi connectivity index (χ1n) is 7.90. The van der Waals surface area contributed by atoms with E-state index in [1.54, 1.807) is 12.1 Å². The van der Waals surface area contributed by atoms with Gasteiger partial charge in [-0.25, -0.2) is 13.8 Å². The van der Waals surface area contributed by atoms with E-state index in [0.717, 1.165) is 26.2 Å². The molecule has 2 heterocycles. The number of nitrogens with zero attached hydrogens (tertiary/aromatic N) is 3. The van der Waals surface area contributed by atoms with Crippen LogP contribution in [0.4, 0.5) is 14.5 Å². The van der Waals surface area contributed by atoms with Crippen LogP contribution in [-0.2, 0) is 0 Å². The molecule has 0 unspecified atom stereocenters. The van der Waals surface area contributed by atoms with Crippen molar-refractivity contribution in [1.82, 2.24) is 9.80 Å². The summed E-state index contributed by atoms with van der Waals surface area (Å²) in [5, 5.41) is 0. The smallest absolute Gasteiger partial charge is 0.156 e. The Balaban J connectivity index is 1.85. The quantitative estimate of drug-likeness (QED) is 0.741. The van der Waals surface area contributed by atoms with Crippen molar-refractivity contribution >= 4 is 11.5 Å². The van der Waals surface area contributed by atoms with Crippen molar-refractivity contribution in [3.8, 4) is 11.5 Å². The summed E-state index contributed by atoms with van der Waals surface area (Å²) in [6.07, 6.45) is 0. The van der Waals surface area contributed by atoms with Gasteiger partial charge in [-0.2, -0.15) is 0 Å². The lowest BCUT2D eigenvalue weighted by Gasteiger charge is -2.34.